The molecule has 0 bridgehead atoms. The number of rotatable bonds is 8. The van der Waals surface area contributed by atoms with Crippen LogP contribution in [0.1, 0.15) is 16.7 Å². The molecule has 1 heterocycles. The van der Waals surface area contributed by atoms with Gasteiger partial charge in [0.2, 0.25) is 0 Å². The van der Waals surface area contributed by atoms with Crippen LogP contribution in [0.15, 0.2) is 64.3 Å². The lowest BCUT2D eigenvalue weighted by molar-refractivity contribution is -0.385. The number of benzene rings is 2. The molecule has 0 aliphatic carbocycles. The fourth-order valence-electron chi connectivity index (χ4n) is 2.50. The summed E-state index contributed by atoms with van der Waals surface area (Å²) >= 11 is 3.51. The van der Waals surface area contributed by atoms with E-state index in [0.717, 1.165) is 21.8 Å². The van der Waals surface area contributed by atoms with E-state index in [4.69, 9.17) is 9.47 Å². The Balaban J connectivity index is 1.68. The van der Waals surface area contributed by atoms with Crippen LogP contribution in [0.4, 0.5) is 11.5 Å². The minimum Gasteiger partial charge on any atom is -0.493 e. The van der Waals surface area contributed by atoms with Gasteiger partial charge in [-0.25, -0.2) is 4.98 Å². The molecule has 0 amide bonds. The molecule has 0 unspecified atom stereocenters. The van der Waals surface area contributed by atoms with E-state index in [1.54, 1.807) is 19.4 Å². The number of hydrazone groups is 1. The van der Waals surface area contributed by atoms with Gasteiger partial charge >= 0.3 is 0 Å². The molecule has 0 saturated heterocycles. The Labute approximate surface area is 181 Å². The maximum absolute atomic E-state index is 10.7. The van der Waals surface area contributed by atoms with Crippen molar-refractivity contribution in [3.8, 4) is 11.5 Å². The first-order valence-corrected chi connectivity index (χ1v) is 9.71. The van der Waals surface area contributed by atoms with E-state index >= 15 is 0 Å². The summed E-state index contributed by atoms with van der Waals surface area (Å²) in [4.78, 5) is 14.1. The number of methoxy groups -OCH3 is 1. The number of halogens is 1. The first-order chi connectivity index (χ1) is 14.5. The van der Waals surface area contributed by atoms with Gasteiger partial charge in [0.05, 0.1) is 18.2 Å². The molecular weight excluding hydrogens is 452 g/mol. The Bertz CT molecular complexity index is 1050. The summed E-state index contributed by atoms with van der Waals surface area (Å²) in [6, 6.07) is 14.6. The third kappa shape index (κ3) is 5.54. The summed E-state index contributed by atoms with van der Waals surface area (Å²) in [6.07, 6.45) is 2.75. The minimum atomic E-state index is -0.508. The summed E-state index contributed by atoms with van der Waals surface area (Å²) in [5.41, 5.74) is 5.66. The molecular formula is C21H19BrN4O4. The highest BCUT2D eigenvalue weighted by atomic mass is 79.9. The van der Waals surface area contributed by atoms with E-state index in [0.29, 0.717) is 23.9 Å². The fraction of sp³-hybridized carbons (Fsp3) is 0.143. The second-order valence-electron chi connectivity index (χ2n) is 6.33. The molecule has 0 spiro atoms. The van der Waals surface area contributed by atoms with Crippen molar-refractivity contribution in [1.29, 1.82) is 0 Å². The molecule has 3 aromatic rings. The second kappa shape index (κ2) is 9.84. The van der Waals surface area contributed by atoms with Crippen molar-refractivity contribution in [2.75, 3.05) is 12.5 Å². The molecule has 154 valence electrons. The highest BCUT2D eigenvalue weighted by Crippen LogP contribution is 2.33. The van der Waals surface area contributed by atoms with Gasteiger partial charge in [-0.3, -0.25) is 15.5 Å². The van der Waals surface area contributed by atoms with Gasteiger partial charge in [0.1, 0.15) is 18.6 Å². The predicted molar refractivity (Wildman–Crippen MR) is 118 cm³/mol. The highest BCUT2D eigenvalue weighted by Gasteiger charge is 2.10. The van der Waals surface area contributed by atoms with Gasteiger partial charge in [-0.15, -0.1) is 0 Å². The number of nitro groups is 1. The van der Waals surface area contributed by atoms with E-state index in [-0.39, 0.29) is 5.69 Å². The Morgan fingerprint density at radius 3 is 2.60 bits per heavy atom. The van der Waals surface area contributed by atoms with Gasteiger partial charge in [-0.2, -0.15) is 5.10 Å². The molecule has 9 heteroatoms. The van der Waals surface area contributed by atoms with E-state index < -0.39 is 4.92 Å². The van der Waals surface area contributed by atoms with Crippen LogP contribution < -0.4 is 14.9 Å². The lowest BCUT2D eigenvalue weighted by Gasteiger charge is -2.13. The third-order valence-electron chi connectivity index (χ3n) is 4.14. The first kappa shape index (κ1) is 21.3. The van der Waals surface area contributed by atoms with Crippen LogP contribution >= 0.6 is 15.9 Å². The SMILES string of the molecule is COc1cc(/C=N\Nc2ccc([N+](=O)[O-])cn2)c(Br)cc1OCc1ccc(C)cc1. The minimum absolute atomic E-state index is 0.0850. The molecule has 0 radical (unpaired) electrons. The highest BCUT2D eigenvalue weighted by molar-refractivity contribution is 9.10. The van der Waals surface area contributed by atoms with Crippen molar-refractivity contribution in [2.45, 2.75) is 13.5 Å². The van der Waals surface area contributed by atoms with Gasteiger partial charge in [-0.05, 0) is 46.6 Å². The quantitative estimate of drug-likeness (QED) is 0.279. The number of pyridine rings is 1. The van der Waals surface area contributed by atoms with E-state index in [1.807, 2.05) is 37.3 Å². The van der Waals surface area contributed by atoms with Crippen molar-refractivity contribution in [2.24, 2.45) is 5.10 Å². The lowest BCUT2D eigenvalue weighted by atomic mass is 10.2. The molecule has 0 fully saturated rings. The van der Waals surface area contributed by atoms with Crippen molar-refractivity contribution in [3.05, 3.63) is 86.0 Å². The zero-order valence-electron chi connectivity index (χ0n) is 16.3. The number of ether oxygens (including phenoxy) is 2. The van der Waals surface area contributed by atoms with Crippen molar-refractivity contribution in [3.63, 3.8) is 0 Å². The number of aromatic nitrogens is 1. The van der Waals surface area contributed by atoms with E-state index in [9.17, 15) is 10.1 Å². The predicted octanol–water partition coefficient (Wildman–Crippen LogP) is 5.09. The van der Waals surface area contributed by atoms with E-state index in [1.165, 1.54) is 17.7 Å². The summed E-state index contributed by atoms with van der Waals surface area (Å²) in [5.74, 6) is 1.56. The topological polar surface area (TPSA) is 98.9 Å². The Kier molecular flexibility index (Phi) is 6.97. The number of nitrogens with one attached hydrogen (secondary N) is 1. The molecule has 30 heavy (non-hydrogen) atoms. The molecule has 3 rings (SSSR count). The van der Waals surface area contributed by atoms with Gasteiger partial charge < -0.3 is 9.47 Å². The Morgan fingerprint density at radius 1 is 1.20 bits per heavy atom. The molecule has 1 N–H and O–H groups in total. The van der Waals surface area contributed by atoms with Crippen molar-refractivity contribution >= 4 is 33.6 Å². The van der Waals surface area contributed by atoms with Gasteiger partial charge in [0.25, 0.3) is 5.69 Å². The molecule has 2 aromatic carbocycles. The van der Waals surface area contributed by atoms with Crippen LogP contribution in [0.2, 0.25) is 0 Å². The summed E-state index contributed by atoms with van der Waals surface area (Å²) in [6.45, 7) is 2.46. The molecule has 0 atom stereocenters. The number of hydrogen-bond donors (Lipinski definition) is 1. The standard InChI is InChI=1S/C21H19BrN4O4/c1-14-3-5-15(6-4-14)13-30-20-10-18(22)16(9-19(20)29-2)11-24-25-21-8-7-17(12-23-21)26(27)28/h3-12H,13H2,1-2H3,(H,23,25)/b24-11-. The van der Waals surface area contributed by atoms with Gasteiger partial charge in [0.15, 0.2) is 11.5 Å². The third-order valence-corrected chi connectivity index (χ3v) is 4.83. The fourth-order valence-corrected chi connectivity index (χ4v) is 2.92. The van der Waals surface area contributed by atoms with Gasteiger partial charge in [0, 0.05) is 16.1 Å². The van der Waals surface area contributed by atoms with Crippen LogP contribution in [-0.4, -0.2) is 23.2 Å². The Hall–Kier alpha value is -3.46. The maximum atomic E-state index is 10.7. The zero-order valence-corrected chi connectivity index (χ0v) is 17.9. The monoisotopic (exact) mass is 470 g/mol. The van der Waals surface area contributed by atoms with Crippen molar-refractivity contribution in [1.82, 2.24) is 4.98 Å². The summed E-state index contributed by atoms with van der Waals surface area (Å²) in [7, 11) is 1.57. The molecule has 0 aliphatic heterocycles. The van der Waals surface area contributed by atoms with E-state index in [2.05, 4.69) is 31.4 Å². The van der Waals surface area contributed by atoms with Crippen LogP contribution in [-0.2, 0) is 6.61 Å². The number of nitrogens with zero attached hydrogens (tertiary/aromatic N) is 3. The zero-order chi connectivity index (χ0) is 21.5. The average Bonchev–Trinajstić information content (AvgIpc) is 2.75. The van der Waals surface area contributed by atoms with Crippen LogP contribution in [0, 0.1) is 17.0 Å². The van der Waals surface area contributed by atoms with Crippen LogP contribution in [0.3, 0.4) is 0 Å². The summed E-state index contributed by atoms with van der Waals surface area (Å²) in [5, 5.41) is 14.8. The first-order valence-electron chi connectivity index (χ1n) is 8.91. The normalized spacial score (nSPS) is 10.8. The number of hydrogen-bond acceptors (Lipinski definition) is 7. The molecule has 0 saturated carbocycles. The molecule has 8 nitrogen and oxygen atoms in total. The van der Waals surface area contributed by atoms with Crippen molar-refractivity contribution < 1.29 is 14.4 Å². The lowest BCUT2D eigenvalue weighted by Crippen LogP contribution is -2.00. The second-order valence-corrected chi connectivity index (χ2v) is 7.18. The molecule has 1 aromatic heterocycles. The smallest absolute Gasteiger partial charge is 0.287 e. The average molecular weight is 471 g/mol. The van der Waals surface area contributed by atoms with Gasteiger partial charge in [-0.1, -0.05) is 29.8 Å². The number of aryl methyl sites for hydroxylation is 1. The maximum Gasteiger partial charge on any atom is 0.287 e. The largest absolute Gasteiger partial charge is 0.493 e. The summed E-state index contributed by atoms with van der Waals surface area (Å²) < 4.78 is 12.1. The number of anilines is 1. The van der Waals surface area contributed by atoms with Crippen LogP contribution in [0.5, 0.6) is 11.5 Å². The molecule has 0 aliphatic rings. The Morgan fingerprint density at radius 2 is 1.97 bits per heavy atom. The van der Waals surface area contributed by atoms with Crippen LogP contribution in [0.25, 0.3) is 0 Å².